The number of rotatable bonds is 5. The first-order chi connectivity index (χ1) is 6.70. The molecule has 0 aliphatic carbocycles. The normalized spacial score (nSPS) is 9.79. The first-order valence-electron chi connectivity index (χ1n) is 4.78. The summed E-state index contributed by atoms with van der Waals surface area (Å²) in [4.78, 5) is 15.2. The van der Waals surface area contributed by atoms with Crippen LogP contribution in [-0.2, 0) is 11.2 Å². The summed E-state index contributed by atoms with van der Waals surface area (Å²) in [6.07, 6.45) is 5.96. The van der Waals surface area contributed by atoms with Gasteiger partial charge < -0.3 is 0 Å². The molecule has 2 heteroatoms. The van der Waals surface area contributed by atoms with Gasteiger partial charge in [0.15, 0.2) is 5.78 Å². The lowest BCUT2D eigenvalue weighted by Crippen LogP contribution is -1.99. The molecule has 0 atom stereocenters. The van der Waals surface area contributed by atoms with Crippen LogP contribution in [0.25, 0.3) is 0 Å². The van der Waals surface area contributed by atoms with Gasteiger partial charge in [0.2, 0.25) is 0 Å². The minimum absolute atomic E-state index is 0.166. The zero-order valence-corrected chi connectivity index (χ0v) is 8.49. The molecular formula is C12H15NO. The van der Waals surface area contributed by atoms with Crippen LogP contribution in [0.15, 0.2) is 36.7 Å². The van der Waals surface area contributed by atoms with Crippen molar-refractivity contribution in [2.24, 2.45) is 0 Å². The molecular weight excluding hydrogens is 174 g/mol. The molecule has 1 heterocycles. The third kappa shape index (κ3) is 3.52. The van der Waals surface area contributed by atoms with Crippen molar-refractivity contribution in [2.45, 2.75) is 26.2 Å². The molecule has 0 aliphatic rings. The Labute approximate surface area is 84.7 Å². The Balaban J connectivity index is 2.29. The quantitative estimate of drug-likeness (QED) is 0.666. The SMILES string of the molecule is C=C(C)C(=O)CCCc1ccncc1. The summed E-state index contributed by atoms with van der Waals surface area (Å²) in [5, 5.41) is 0. The molecule has 0 aromatic carbocycles. The number of allylic oxidation sites excluding steroid dienone is 1. The average molecular weight is 189 g/mol. The molecule has 0 N–H and O–H groups in total. The second-order valence-corrected chi connectivity index (χ2v) is 3.41. The molecule has 1 aromatic rings. The Hall–Kier alpha value is -1.44. The maximum atomic E-state index is 11.2. The number of nitrogens with zero attached hydrogens (tertiary/aromatic N) is 1. The minimum atomic E-state index is 0.166. The number of Topliss-reactive ketones (excluding diaryl/α,β-unsaturated/α-hetero) is 1. The van der Waals surface area contributed by atoms with Crippen LogP contribution in [0, 0.1) is 0 Å². The molecule has 0 saturated carbocycles. The number of ketones is 1. The highest BCUT2D eigenvalue weighted by molar-refractivity contribution is 5.93. The highest BCUT2D eigenvalue weighted by atomic mass is 16.1. The lowest BCUT2D eigenvalue weighted by atomic mass is 10.1. The van der Waals surface area contributed by atoms with Crippen LogP contribution in [0.5, 0.6) is 0 Å². The molecule has 0 unspecified atom stereocenters. The van der Waals surface area contributed by atoms with E-state index in [1.165, 1.54) is 5.56 Å². The molecule has 1 aromatic heterocycles. The number of aromatic nitrogens is 1. The van der Waals surface area contributed by atoms with E-state index in [1.54, 1.807) is 19.3 Å². The van der Waals surface area contributed by atoms with E-state index < -0.39 is 0 Å². The molecule has 0 spiro atoms. The first kappa shape index (κ1) is 10.6. The van der Waals surface area contributed by atoms with Crippen molar-refractivity contribution in [2.75, 3.05) is 0 Å². The van der Waals surface area contributed by atoms with Crippen molar-refractivity contribution in [1.82, 2.24) is 4.98 Å². The topological polar surface area (TPSA) is 30.0 Å². The number of hydrogen-bond acceptors (Lipinski definition) is 2. The Morgan fingerprint density at radius 1 is 1.43 bits per heavy atom. The fraction of sp³-hybridized carbons (Fsp3) is 0.333. The molecule has 2 nitrogen and oxygen atoms in total. The van der Waals surface area contributed by atoms with Crippen molar-refractivity contribution < 1.29 is 4.79 Å². The van der Waals surface area contributed by atoms with E-state index in [4.69, 9.17) is 0 Å². The van der Waals surface area contributed by atoms with Crippen LogP contribution in [0.4, 0.5) is 0 Å². The van der Waals surface area contributed by atoms with E-state index in [-0.39, 0.29) is 5.78 Å². The van der Waals surface area contributed by atoms with E-state index in [2.05, 4.69) is 11.6 Å². The Kier molecular flexibility index (Phi) is 4.05. The van der Waals surface area contributed by atoms with Gasteiger partial charge in [0.05, 0.1) is 0 Å². The molecule has 14 heavy (non-hydrogen) atoms. The number of hydrogen-bond donors (Lipinski definition) is 0. The monoisotopic (exact) mass is 189 g/mol. The van der Waals surface area contributed by atoms with Crippen molar-refractivity contribution in [3.05, 3.63) is 42.2 Å². The third-order valence-electron chi connectivity index (χ3n) is 2.09. The smallest absolute Gasteiger partial charge is 0.157 e. The zero-order chi connectivity index (χ0) is 10.4. The highest BCUT2D eigenvalue weighted by Gasteiger charge is 2.01. The summed E-state index contributed by atoms with van der Waals surface area (Å²) in [6, 6.07) is 3.95. The van der Waals surface area contributed by atoms with E-state index in [1.807, 2.05) is 12.1 Å². The lowest BCUT2D eigenvalue weighted by molar-refractivity contribution is -0.115. The fourth-order valence-electron chi connectivity index (χ4n) is 1.22. The number of pyridine rings is 1. The first-order valence-corrected chi connectivity index (χ1v) is 4.78. The van der Waals surface area contributed by atoms with Gasteiger partial charge in [-0.1, -0.05) is 6.58 Å². The second-order valence-electron chi connectivity index (χ2n) is 3.41. The summed E-state index contributed by atoms with van der Waals surface area (Å²) in [6.45, 7) is 5.38. The Morgan fingerprint density at radius 2 is 2.07 bits per heavy atom. The van der Waals surface area contributed by atoms with E-state index in [0.29, 0.717) is 12.0 Å². The predicted octanol–water partition coefficient (Wildman–Crippen LogP) is 2.55. The van der Waals surface area contributed by atoms with Crippen LogP contribution in [0.3, 0.4) is 0 Å². The van der Waals surface area contributed by atoms with Crippen LogP contribution in [0.1, 0.15) is 25.3 Å². The fourth-order valence-corrected chi connectivity index (χ4v) is 1.22. The van der Waals surface area contributed by atoms with Gasteiger partial charge >= 0.3 is 0 Å². The maximum absolute atomic E-state index is 11.2. The second kappa shape index (κ2) is 5.32. The van der Waals surface area contributed by atoms with Gasteiger partial charge in [-0.25, -0.2) is 0 Å². The minimum Gasteiger partial charge on any atom is -0.295 e. The molecule has 1 rings (SSSR count). The summed E-state index contributed by atoms with van der Waals surface area (Å²) < 4.78 is 0. The summed E-state index contributed by atoms with van der Waals surface area (Å²) in [7, 11) is 0. The van der Waals surface area contributed by atoms with E-state index >= 15 is 0 Å². The summed E-state index contributed by atoms with van der Waals surface area (Å²) in [5.74, 6) is 0.166. The van der Waals surface area contributed by atoms with Crippen molar-refractivity contribution in [1.29, 1.82) is 0 Å². The maximum Gasteiger partial charge on any atom is 0.157 e. The van der Waals surface area contributed by atoms with Gasteiger partial charge in [-0.3, -0.25) is 9.78 Å². The zero-order valence-electron chi connectivity index (χ0n) is 8.49. The molecule has 0 amide bonds. The molecule has 0 aliphatic heterocycles. The van der Waals surface area contributed by atoms with Crippen LogP contribution in [-0.4, -0.2) is 10.8 Å². The summed E-state index contributed by atoms with van der Waals surface area (Å²) in [5.41, 5.74) is 1.88. The van der Waals surface area contributed by atoms with Gasteiger partial charge in [0.25, 0.3) is 0 Å². The van der Waals surface area contributed by atoms with Gasteiger partial charge in [-0.05, 0) is 43.0 Å². The molecule has 0 bridgehead atoms. The van der Waals surface area contributed by atoms with Crippen molar-refractivity contribution in [3.63, 3.8) is 0 Å². The summed E-state index contributed by atoms with van der Waals surface area (Å²) >= 11 is 0. The van der Waals surface area contributed by atoms with Gasteiger partial charge in [-0.15, -0.1) is 0 Å². The predicted molar refractivity (Wildman–Crippen MR) is 57.0 cm³/mol. The Bertz CT molecular complexity index is 316. The standard InChI is InChI=1S/C12H15NO/c1-10(2)12(14)5-3-4-11-6-8-13-9-7-11/h6-9H,1,3-5H2,2H3. The molecule has 0 radical (unpaired) electrons. The van der Waals surface area contributed by atoms with Gasteiger partial charge in [-0.2, -0.15) is 0 Å². The van der Waals surface area contributed by atoms with Crippen molar-refractivity contribution in [3.8, 4) is 0 Å². The van der Waals surface area contributed by atoms with Crippen molar-refractivity contribution >= 4 is 5.78 Å². The number of aryl methyl sites for hydroxylation is 1. The van der Waals surface area contributed by atoms with E-state index in [0.717, 1.165) is 12.8 Å². The van der Waals surface area contributed by atoms with Crippen LogP contribution >= 0.6 is 0 Å². The molecule has 0 saturated heterocycles. The number of carbonyl (C=O) groups is 1. The lowest BCUT2D eigenvalue weighted by Gasteiger charge is -2.00. The third-order valence-corrected chi connectivity index (χ3v) is 2.09. The van der Waals surface area contributed by atoms with Gasteiger partial charge in [0.1, 0.15) is 0 Å². The largest absolute Gasteiger partial charge is 0.295 e. The molecule has 74 valence electrons. The molecule has 0 fully saturated rings. The highest BCUT2D eigenvalue weighted by Crippen LogP contribution is 2.05. The van der Waals surface area contributed by atoms with E-state index in [9.17, 15) is 4.79 Å². The Morgan fingerprint density at radius 3 is 2.64 bits per heavy atom. The van der Waals surface area contributed by atoms with Gasteiger partial charge in [0, 0.05) is 18.8 Å². The van der Waals surface area contributed by atoms with Crippen LogP contribution in [0.2, 0.25) is 0 Å². The van der Waals surface area contributed by atoms with Crippen LogP contribution < -0.4 is 0 Å². The number of carbonyl (C=O) groups excluding carboxylic acids is 1. The average Bonchev–Trinajstić information content (AvgIpc) is 2.19.